The fourth-order valence-corrected chi connectivity index (χ4v) is 8.00. The first-order valence-corrected chi connectivity index (χ1v) is 14.2. The van der Waals surface area contributed by atoms with E-state index in [1.165, 1.54) is 25.3 Å². The van der Waals surface area contributed by atoms with Crippen molar-refractivity contribution in [3.63, 3.8) is 0 Å². The third-order valence-electron chi connectivity index (χ3n) is 9.09. The molecule has 4 bridgehead atoms. The van der Waals surface area contributed by atoms with E-state index < -0.39 is 0 Å². The highest BCUT2D eigenvalue weighted by atomic mass is 32.1. The largest absolute Gasteiger partial charge is 0.466 e. The molecule has 2 aromatic rings. The van der Waals surface area contributed by atoms with Gasteiger partial charge in [-0.05, 0) is 94.3 Å². The monoisotopic (exact) mass is 525 g/mol. The molecule has 1 aromatic heterocycles. The van der Waals surface area contributed by atoms with E-state index in [9.17, 15) is 9.18 Å². The smallest absolute Gasteiger partial charge is 0.309 e. The number of rotatable bonds is 7. The lowest BCUT2D eigenvalue weighted by Gasteiger charge is -2.55. The Morgan fingerprint density at radius 2 is 1.81 bits per heavy atom. The molecule has 198 valence electrons. The van der Waals surface area contributed by atoms with Crippen LogP contribution in [-0.4, -0.2) is 51.2 Å². The van der Waals surface area contributed by atoms with Crippen LogP contribution in [0.15, 0.2) is 29.4 Å². The summed E-state index contributed by atoms with van der Waals surface area (Å²) in [6, 6.07) is 6.67. The molecule has 0 radical (unpaired) electrons. The summed E-state index contributed by atoms with van der Waals surface area (Å²) in [5, 5.41) is 9.89. The Labute approximate surface area is 222 Å². The first-order chi connectivity index (χ1) is 17.9. The number of carbonyl (C=O) groups excluding carboxylic acids is 1. The van der Waals surface area contributed by atoms with Crippen LogP contribution >= 0.6 is 12.2 Å². The van der Waals surface area contributed by atoms with Crippen molar-refractivity contribution in [2.45, 2.75) is 70.4 Å². The number of hydrogen-bond acceptors (Lipinski definition) is 6. The average molecular weight is 526 g/mol. The third-order valence-corrected chi connectivity index (χ3v) is 9.47. The second kappa shape index (κ2) is 10.1. The molecule has 0 amide bonds. The van der Waals surface area contributed by atoms with Crippen LogP contribution in [0.4, 0.5) is 4.39 Å². The highest BCUT2D eigenvalue weighted by Crippen LogP contribution is 2.60. The molecule has 2 heterocycles. The number of hydrogen-bond donors (Lipinski definition) is 0. The zero-order valence-electron chi connectivity index (χ0n) is 21.5. The van der Waals surface area contributed by atoms with Crippen LogP contribution < -0.4 is 0 Å². The number of halogens is 1. The molecule has 0 unspecified atom stereocenters. The summed E-state index contributed by atoms with van der Waals surface area (Å²) in [6.07, 6.45) is 10.6. The summed E-state index contributed by atoms with van der Waals surface area (Å²) < 4.78 is 23.9. The van der Waals surface area contributed by atoms with E-state index in [1.54, 1.807) is 18.3 Å². The van der Waals surface area contributed by atoms with Gasteiger partial charge in [0.05, 0.1) is 25.4 Å². The summed E-state index contributed by atoms with van der Waals surface area (Å²) in [6.45, 7) is 4.43. The molecule has 5 aliphatic rings. The minimum Gasteiger partial charge on any atom is -0.466 e. The van der Waals surface area contributed by atoms with Gasteiger partial charge in [-0.15, -0.1) is 0 Å². The van der Waals surface area contributed by atoms with Crippen molar-refractivity contribution < 1.29 is 13.9 Å². The summed E-state index contributed by atoms with van der Waals surface area (Å²) >= 11 is 5.94. The molecule has 1 aliphatic heterocycles. The van der Waals surface area contributed by atoms with Crippen molar-refractivity contribution in [1.82, 2.24) is 19.4 Å². The Kier molecular flexibility index (Phi) is 6.77. The van der Waals surface area contributed by atoms with E-state index in [2.05, 4.69) is 4.90 Å². The van der Waals surface area contributed by atoms with Crippen LogP contribution in [0.1, 0.15) is 69.7 Å². The lowest BCUT2D eigenvalue weighted by atomic mass is 9.49. The molecule has 0 N–H and O–H groups in total. The molecule has 37 heavy (non-hydrogen) atoms. The van der Waals surface area contributed by atoms with Crippen molar-refractivity contribution >= 4 is 24.4 Å². The molecule has 1 aromatic carbocycles. The predicted molar refractivity (Wildman–Crippen MR) is 141 cm³/mol. The molecule has 5 fully saturated rings. The van der Waals surface area contributed by atoms with Crippen molar-refractivity contribution in [2.24, 2.45) is 28.8 Å². The van der Waals surface area contributed by atoms with Crippen LogP contribution in [0, 0.1) is 34.3 Å². The SMILES string of the molecule is CCOC(=O)C1CCN(Cn2nc(C34CC5CC(CC(C5)C3)C4)n(/N=C/c3ccccc3F)c2=S)CC1. The molecule has 4 aliphatic carbocycles. The van der Waals surface area contributed by atoms with Gasteiger partial charge in [0.2, 0.25) is 4.77 Å². The highest BCUT2D eigenvalue weighted by molar-refractivity contribution is 7.71. The molecule has 4 saturated carbocycles. The molecule has 7 rings (SSSR count). The number of piperidine rings is 1. The highest BCUT2D eigenvalue weighted by Gasteiger charge is 2.54. The van der Waals surface area contributed by atoms with E-state index in [1.807, 2.05) is 22.3 Å². The lowest BCUT2D eigenvalue weighted by Crippen LogP contribution is -2.49. The first-order valence-electron chi connectivity index (χ1n) is 13.8. The van der Waals surface area contributed by atoms with Crippen LogP contribution in [0.5, 0.6) is 0 Å². The fourth-order valence-electron chi connectivity index (χ4n) is 7.77. The van der Waals surface area contributed by atoms with E-state index in [-0.39, 0.29) is 23.1 Å². The van der Waals surface area contributed by atoms with Gasteiger partial charge >= 0.3 is 5.97 Å². The van der Waals surface area contributed by atoms with Gasteiger partial charge in [-0.2, -0.15) is 14.9 Å². The van der Waals surface area contributed by atoms with Gasteiger partial charge in [0, 0.05) is 24.1 Å². The summed E-state index contributed by atoms with van der Waals surface area (Å²) in [5.74, 6) is 2.81. The Balaban J connectivity index is 1.29. The summed E-state index contributed by atoms with van der Waals surface area (Å²) in [5.41, 5.74) is 0.437. The zero-order chi connectivity index (χ0) is 25.6. The van der Waals surface area contributed by atoms with Crippen LogP contribution in [0.3, 0.4) is 0 Å². The molecule has 0 spiro atoms. The van der Waals surface area contributed by atoms with Gasteiger partial charge in [0.15, 0.2) is 5.82 Å². The Bertz CT molecular complexity index is 1210. The number of benzene rings is 1. The predicted octanol–water partition coefficient (Wildman–Crippen LogP) is 5.14. The number of ether oxygens (including phenoxy) is 1. The van der Waals surface area contributed by atoms with E-state index >= 15 is 0 Å². The topological polar surface area (TPSA) is 64.7 Å². The Morgan fingerprint density at radius 3 is 2.43 bits per heavy atom. The van der Waals surface area contributed by atoms with E-state index in [0.717, 1.165) is 68.8 Å². The molecule has 9 heteroatoms. The second-order valence-electron chi connectivity index (χ2n) is 11.7. The molecule has 7 nitrogen and oxygen atoms in total. The lowest BCUT2D eigenvalue weighted by molar-refractivity contribution is -0.149. The maximum atomic E-state index is 14.4. The number of aromatic nitrogens is 3. The van der Waals surface area contributed by atoms with Gasteiger partial charge in [0.1, 0.15) is 5.82 Å². The quantitative estimate of drug-likeness (QED) is 0.285. The number of carbonyl (C=O) groups is 1. The number of nitrogens with zero attached hydrogens (tertiary/aromatic N) is 5. The van der Waals surface area contributed by atoms with E-state index in [4.69, 9.17) is 27.2 Å². The Hall–Kier alpha value is -2.39. The zero-order valence-corrected chi connectivity index (χ0v) is 22.3. The molecule has 1 saturated heterocycles. The fraction of sp³-hybridized carbons (Fsp3) is 0.643. The average Bonchev–Trinajstić information content (AvgIpc) is 3.19. The summed E-state index contributed by atoms with van der Waals surface area (Å²) in [7, 11) is 0. The van der Waals surface area contributed by atoms with Crippen LogP contribution in [0.2, 0.25) is 0 Å². The summed E-state index contributed by atoms with van der Waals surface area (Å²) in [4.78, 5) is 14.5. The van der Waals surface area contributed by atoms with Crippen molar-refractivity contribution in [3.8, 4) is 0 Å². The standard InChI is InChI=1S/C28H36FN5O2S/c1-2-36-25(35)22-7-9-32(10-8-22)18-33-27(37)34(30-17-23-5-3-4-6-24(23)29)26(31-33)28-14-19-11-20(15-28)13-21(12-19)16-28/h3-6,17,19-22H,2,7-16,18H2,1H3/b30-17+. The molecular weight excluding hydrogens is 489 g/mol. The second-order valence-corrected chi connectivity index (χ2v) is 12.0. The van der Waals surface area contributed by atoms with Gasteiger partial charge in [0.25, 0.3) is 0 Å². The maximum Gasteiger partial charge on any atom is 0.309 e. The van der Waals surface area contributed by atoms with Crippen LogP contribution in [0.25, 0.3) is 0 Å². The van der Waals surface area contributed by atoms with Gasteiger partial charge < -0.3 is 4.74 Å². The van der Waals surface area contributed by atoms with Crippen molar-refractivity contribution in [2.75, 3.05) is 19.7 Å². The van der Waals surface area contributed by atoms with Crippen molar-refractivity contribution in [1.29, 1.82) is 0 Å². The Morgan fingerprint density at radius 1 is 1.16 bits per heavy atom. The van der Waals surface area contributed by atoms with Gasteiger partial charge in [-0.25, -0.2) is 9.07 Å². The maximum absolute atomic E-state index is 14.4. The minimum atomic E-state index is -0.300. The molecular formula is C28H36FN5O2S. The van der Waals surface area contributed by atoms with E-state index in [0.29, 0.717) is 23.6 Å². The number of likely N-dealkylation sites (tertiary alicyclic amines) is 1. The van der Waals surface area contributed by atoms with Gasteiger partial charge in [-0.3, -0.25) is 9.69 Å². The normalized spacial score (nSPS) is 29.8. The third kappa shape index (κ3) is 4.80. The van der Waals surface area contributed by atoms with Crippen LogP contribution in [-0.2, 0) is 21.6 Å². The number of esters is 1. The first kappa shape index (κ1) is 24.9. The minimum absolute atomic E-state index is 0.00294. The molecule has 0 atom stereocenters. The van der Waals surface area contributed by atoms with Crippen molar-refractivity contribution in [3.05, 3.63) is 46.2 Å². The van der Waals surface area contributed by atoms with Gasteiger partial charge in [-0.1, -0.05) is 18.2 Å².